The van der Waals surface area contributed by atoms with E-state index in [0.29, 0.717) is 16.3 Å². The van der Waals surface area contributed by atoms with Crippen LogP contribution in [0.15, 0.2) is 12.3 Å². The summed E-state index contributed by atoms with van der Waals surface area (Å²) in [6, 6.07) is 1.74. The zero-order valence-electron chi connectivity index (χ0n) is 5.54. The molecule has 0 atom stereocenters. The van der Waals surface area contributed by atoms with Gasteiger partial charge in [0.15, 0.2) is 3.83 Å². The number of halogens is 1. The van der Waals surface area contributed by atoms with Gasteiger partial charge >= 0.3 is 0 Å². The van der Waals surface area contributed by atoms with Crippen LogP contribution in [0.2, 0.25) is 0 Å². The molecule has 1 rings (SSSR count). The lowest BCUT2D eigenvalue weighted by Crippen LogP contribution is -1.95. The van der Waals surface area contributed by atoms with Crippen molar-refractivity contribution in [2.24, 2.45) is 0 Å². The minimum Gasteiger partial charge on any atom is -0.478 e. The molecular formula is C6H7IN2O. The molecule has 3 nitrogen and oxygen atoms in total. The summed E-state index contributed by atoms with van der Waals surface area (Å²) in [7, 11) is 0. The quantitative estimate of drug-likeness (QED) is 0.589. The van der Waals surface area contributed by atoms with E-state index in [2.05, 4.69) is 9.97 Å². The van der Waals surface area contributed by atoms with E-state index < -0.39 is 0 Å². The van der Waals surface area contributed by atoms with E-state index in [1.165, 1.54) is 0 Å². The zero-order valence-corrected chi connectivity index (χ0v) is 7.70. The Labute approximate surface area is 73.0 Å². The number of nitrogens with zero attached hydrogens (tertiary/aromatic N) is 2. The van der Waals surface area contributed by atoms with Crippen LogP contribution in [0.3, 0.4) is 0 Å². The minimum atomic E-state index is 0.641. The van der Waals surface area contributed by atoms with Crippen molar-refractivity contribution >= 4 is 22.6 Å². The monoisotopic (exact) mass is 250 g/mol. The second-order valence-corrected chi connectivity index (χ2v) is 2.56. The van der Waals surface area contributed by atoms with Crippen LogP contribution in [-0.4, -0.2) is 16.6 Å². The molecule has 0 fully saturated rings. The summed E-state index contributed by atoms with van der Waals surface area (Å²) >= 11 is 2.04. The summed E-state index contributed by atoms with van der Waals surface area (Å²) in [4.78, 5) is 7.93. The van der Waals surface area contributed by atoms with Gasteiger partial charge in [-0.25, -0.2) is 4.98 Å². The predicted octanol–water partition coefficient (Wildman–Crippen LogP) is 1.48. The van der Waals surface area contributed by atoms with Gasteiger partial charge in [0.05, 0.1) is 6.61 Å². The molecule has 54 valence electrons. The Morgan fingerprint density at radius 3 is 3.10 bits per heavy atom. The molecule has 10 heavy (non-hydrogen) atoms. The van der Waals surface area contributed by atoms with Crippen molar-refractivity contribution in [3.63, 3.8) is 0 Å². The fraction of sp³-hybridized carbons (Fsp3) is 0.333. The standard InChI is InChI=1S/C6H7IN2O/c1-2-10-5-3-4-8-6(7)9-5/h3-4H,2H2,1H3. The molecule has 0 aliphatic heterocycles. The third kappa shape index (κ3) is 2.09. The normalized spacial score (nSPS) is 9.40. The van der Waals surface area contributed by atoms with Crippen LogP contribution in [0.1, 0.15) is 6.92 Å². The number of ether oxygens (including phenoxy) is 1. The third-order valence-corrected chi connectivity index (χ3v) is 1.41. The SMILES string of the molecule is CCOc1ccnc(I)n1. The second kappa shape index (κ2) is 3.70. The summed E-state index contributed by atoms with van der Waals surface area (Å²) < 4.78 is 5.84. The lowest BCUT2D eigenvalue weighted by Gasteiger charge is -1.99. The van der Waals surface area contributed by atoms with Crippen LogP contribution in [0, 0.1) is 3.83 Å². The van der Waals surface area contributed by atoms with Gasteiger partial charge in [0.25, 0.3) is 0 Å². The molecule has 0 aliphatic rings. The topological polar surface area (TPSA) is 35.0 Å². The van der Waals surface area contributed by atoms with Crippen LogP contribution in [-0.2, 0) is 0 Å². The summed E-state index contributed by atoms with van der Waals surface area (Å²) in [6.07, 6.45) is 1.68. The lowest BCUT2D eigenvalue weighted by molar-refractivity contribution is 0.325. The summed E-state index contributed by atoms with van der Waals surface area (Å²) in [6.45, 7) is 2.57. The second-order valence-electron chi connectivity index (χ2n) is 1.60. The molecule has 0 unspecified atom stereocenters. The lowest BCUT2D eigenvalue weighted by atomic mass is 10.6. The van der Waals surface area contributed by atoms with Gasteiger partial charge in [0.1, 0.15) is 0 Å². The molecule has 0 aromatic carbocycles. The molecule has 1 aromatic heterocycles. The first-order valence-corrected chi connectivity index (χ1v) is 4.02. The molecule has 1 heterocycles. The molecule has 0 spiro atoms. The van der Waals surface area contributed by atoms with Gasteiger partial charge < -0.3 is 4.74 Å². The Morgan fingerprint density at radius 2 is 2.50 bits per heavy atom. The highest BCUT2D eigenvalue weighted by molar-refractivity contribution is 14.1. The summed E-state index contributed by atoms with van der Waals surface area (Å²) in [5.41, 5.74) is 0. The summed E-state index contributed by atoms with van der Waals surface area (Å²) in [5.74, 6) is 0.641. The van der Waals surface area contributed by atoms with Crippen molar-refractivity contribution in [2.45, 2.75) is 6.92 Å². The van der Waals surface area contributed by atoms with E-state index in [1.807, 2.05) is 29.5 Å². The van der Waals surface area contributed by atoms with E-state index in [0.717, 1.165) is 0 Å². The molecule has 0 saturated carbocycles. The van der Waals surface area contributed by atoms with Crippen molar-refractivity contribution in [1.82, 2.24) is 9.97 Å². The molecular weight excluding hydrogens is 243 g/mol. The Hall–Kier alpha value is -0.390. The van der Waals surface area contributed by atoms with Gasteiger partial charge in [0.2, 0.25) is 5.88 Å². The molecule has 0 saturated heterocycles. The van der Waals surface area contributed by atoms with Crippen molar-refractivity contribution in [3.8, 4) is 5.88 Å². The van der Waals surface area contributed by atoms with Crippen LogP contribution in [0.5, 0.6) is 5.88 Å². The van der Waals surface area contributed by atoms with E-state index in [9.17, 15) is 0 Å². The molecule has 4 heteroatoms. The number of hydrogen-bond donors (Lipinski definition) is 0. The molecule has 0 aliphatic carbocycles. The average Bonchev–Trinajstić information content (AvgIpc) is 1.88. The minimum absolute atomic E-state index is 0.641. The van der Waals surface area contributed by atoms with Crippen molar-refractivity contribution in [2.75, 3.05) is 6.61 Å². The first-order valence-electron chi connectivity index (χ1n) is 2.94. The maximum Gasteiger partial charge on any atom is 0.217 e. The van der Waals surface area contributed by atoms with Crippen LogP contribution in [0.25, 0.3) is 0 Å². The van der Waals surface area contributed by atoms with Crippen molar-refractivity contribution in [1.29, 1.82) is 0 Å². The smallest absolute Gasteiger partial charge is 0.217 e. The van der Waals surface area contributed by atoms with Gasteiger partial charge in [0, 0.05) is 34.9 Å². The Balaban J connectivity index is 2.75. The maximum atomic E-state index is 5.13. The van der Waals surface area contributed by atoms with Crippen LogP contribution in [0.4, 0.5) is 0 Å². The largest absolute Gasteiger partial charge is 0.478 e. The van der Waals surface area contributed by atoms with E-state index in [1.54, 1.807) is 12.3 Å². The van der Waals surface area contributed by atoms with E-state index in [-0.39, 0.29) is 0 Å². The van der Waals surface area contributed by atoms with Gasteiger partial charge in [-0.1, -0.05) is 0 Å². The number of aromatic nitrogens is 2. The highest BCUT2D eigenvalue weighted by Gasteiger charge is 1.93. The fourth-order valence-electron chi connectivity index (χ4n) is 0.548. The van der Waals surface area contributed by atoms with E-state index >= 15 is 0 Å². The molecule has 0 N–H and O–H groups in total. The highest BCUT2D eigenvalue weighted by atomic mass is 127. The number of rotatable bonds is 2. The highest BCUT2D eigenvalue weighted by Crippen LogP contribution is 2.05. The Morgan fingerprint density at radius 1 is 1.70 bits per heavy atom. The van der Waals surface area contributed by atoms with Gasteiger partial charge in [-0.05, 0) is 6.92 Å². The summed E-state index contributed by atoms with van der Waals surface area (Å²) in [5, 5.41) is 0. The molecule has 0 bridgehead atoms. The predicted molar refractivity (Wildman–Crippen MR) is 45.9 cm³/mol. The average molecular weight is 250 g/mol. The van der Waals surface area contributed by atoms with Crippen LogP contribution < -0.4 is 4.74 Å². The van der Waals surface area contributed by atoms with Gasteiger partial charge in [-0.2, -0.15) is 4.98 Å². The molecule has 0 amide bonds. The zero-order chi connectivity index (χ0) is 7.40. The van der Waals surface area contributed by atoms with Gasteiger partial charge in [-0.15, -0.1) is 0 Å². The van der Waals surface area contributed by atoms with E-state index in [4.69, 9.17) is 4.74 Å². The third-order valence-electron chi connectivity index (χ3n) is 0.893. The Kier molecular flexibility index (Phi) is 2.85. The Bertz CT molecular complexity index is 217. The first-order chi connectivity index (χ1) is 4.83. The molecule has 0 radical (unpaired) electrons. The van der Waals surface area contributed by atoms with Crippen LogP contribution >= 0.6 is 22.6 Å². The first kappa shape index (κ1) is 7.71. The molecule has 1 aromatic rings. The van der Waals surface area contributed by atoms with Gasteiger partial charge in [-0.3, -0.25) is 0 Å². The maximum absolute atomic E-state index is 5.13. The van der Waals surface area contributed by atoms with Crippen molar-refractivity contribution in [3.05, 3.63) is 16.1 Å². The fourth-order valence-corrected chi connectivity index (χ4v) is 0.946. The van der Waals surface area contributed by atoms with Crippen molar-refractivity contribution < 1.29 is 4.74 Å². The number of hydrogen-bond acceptors (Lipinski definition) is 3.